The number of hydrogen-bond donors (Lipinski definition) is 3. The first-order chi connectivity index (χ1) is 16.5. The number of aliphatic hydroxyl groups is 1. The molecule has 3 aromatic rings. The lowest BCUT2D eigenvalue weighted by Crippen LogP contribution is -2.36. The molecule has 0 spiro atoms. The third-order valence-corrected chi connectivity index (χ3v) is 5.87. The first-order valence-electron chi connectivity index (χ1n) is 11.6. The van der Waals surface area contributed by atoms with E-state index < -0.39 is 12.1 Å². The number of aryl methyl sites for hydroxylation is 1. The number of rotatable bonds is 10. The van der Waals surface area contributed by atoms with Gasteiger partial charge in [-0.25, -0.2) is 4.79 Å². The van der Waals surface area contributed by atoms with Crippen LogP contribution in [0.3, 0.4) is 0 Å². The van der Waals surface area contributed by atoms with Crippen molar-refractivity contribution in [1.82, 2.24) is 10.3 Å². The monoisotopic (exact) mass is 462 g/mol. The minimum absolute atomic E-state index is 0.0257. The minimum atomic E-state index is -0.973. The summed E-state index contributed by atoms with van der Waals surface area (Å²) in [5.41, 5.74) is 3.96. The van der Waals surface area contributed by atoms with Crippen molar-refractivity contribution in [3.8, 4) is 22.6 Å². The molecule has 2 atom stereocenters. The topological polar surface area (TPSA) is 101 Å². The molecule has 34 heavy (non-hydrogen) atoms. The number of nitrogens with zero attached hydrogens (tertiary/aromatic N) is 1. The first-order valence-corrected chi connectivity index (χ1v) is 11.6. The van der Waals surface area contributed by atoms with E-state index in [4.69, 9.17) is 9.47 Å². The molecular formula is C27H30N2O5. The Morgan fingerprint density at radius 3 is 2.91 bits per heavy atom. The number of aliphatic hydroxyl groups excluding tert-OH is 1. The number of hydrogen-bond acceptors (Lipinski definition) is 6. The second kappa shape index (κ2) is 11.1. The second-order valence-corrected chi connectivity index (χ2v) is 8.43. The summed E-state index contributed by atoms with van der Waals surface area (Å²) in [7, 11) is 0. The molecule has 2 aromatic carbocycles. The van der Waals surface area contributed by atoms with Crippen molar-refractivity contribution >= 4 is 5.97 Å². The lowest BCUT2D eigenvalue weighted by molar-refractivity contribution is 0.0696. The van der Waals surface area contributed by atoms with Gasteiger partial charge in [-0.3, -0.25) is 4.98 Å². The van der Waals surface area contributed by atoms with Gasteiger partial charge < -0.3 is 25.0 Å². The Kier molecular flexibility index (Phi) is 7.77. The largest absolute Gasteiger partial charge is 0.493 e. The highest BCUT2D eigenvalue weighted by atomic mass is 16.5. The molecule has 4 rings (SSSR count). The second-order valence-electron chi connectivity index (χ2n) is 8.43. The zero-order valence-electron chi connectivity index (χ0n) is 19.2. The van der Waals surface area contributed by atoms with Crippen LogP contribution in [-0.2, 0) is 6.42 Å². The number of pyridine rings is 1. The summed E-state index contributed by atoms with van der Waals surface area (Å²) >= 11 is 0. The predicted octanol–water partition coefficient (Wildman–Crippen LogP) is 4.25. The number of aromatic carboxylic acids is 1. The van der Waals surface area contributed by atoms with Crippen molar-refractivity contribution in [1.29, 1.82) is 0 Å². The van der Waals surface area contributed by atoms with Crippen LogP contribution in [0.25, 0.3) is 11.1 Å². The van der Waals surface area contributed by atoms with Crippen molar-refractivity contribution in [3.05, 3.63) is 77.6 Å². The van der Waals surface area contributed by atoms with Gasteiger partial charge in [-0.2, -0.15) is 0 Å². The molecule has 0 saturated carbocycles. The van der Waals surface area contributed by atoms with Gasteiger partial charge in [-0.05, 0) is 66.8 Å². The Morgan fingerprint density at radius 2 is 2.15 bits per heavy atom. The van der Waals surface area contributed by atoms with Crippen LogP contribution in [-0.4, -0.2) is 47.0 Å². The highest BCUT2D eigenvalue weighted by Crippen LogP contribution is 2.36. The zero-order valence-corrected chi connectivity index (χ0v) is 19.2. The Bertz CT molecular complexity index is 1120. The normalized spacial score (nSPS) is 15.8. The molecule has 2 heterocycles. The maximum atomic E-state index is 11.4. The molecule has 0 radical (unpaired) electrons. The van der Waals surface area contributed by atoms with Crippen molar-refractivity contribution < 1.29 is 24.5 Å². The lowest BCUT2D eigenvalue weighted by atomic mass is 9.96. The molecule has 0 fully saturated rings. The van der Waals surface area contributed by atoms with Crippen molar-refractivity contribution in [2.24, 2.45) is 0 Å². The molecule has 0 aliphatic carbocycles. The van der Waals surface area contributed by atoms with Crippen LogP contribution in [0, 0.1) is 0 Å². The number of fused-ring (bicyclic) bond motifs is 1. The summed E-state index contributed by atoms with van der Waals surface area (Å²) < 4.78 is 12.1. The molecule has 178 valence electrons. The van der Waals surface area contributed by atoms with E-state index in [1.165, 1.54) is 0 Å². The van der Waals surface area contributed by atoms with Crippen LogP contribution >= 0.6 is 0 Å². The van der Waals surface area contributed by atoms with Crippen LogP contribution in [0.5, 0.6) is 11.5 Å². The Labute approximate surface area is 199 Å². The fraction of sp³-hybridized carbons (Fsp3) is 0.333. The van der Waals surface area contributed by atoms with E-state index in [0.717, 1.165) is 47.3 Å². The van der Waals surface area contributed by atoms with Crippen molar-refractivity contribution in [2.75, 3.05) is 19.7 Å². The maximum absolute atomic E-state index is 11.4. The van der Waals surface area contributed by atoms with Gasteiger partial charge in [0.05, 0.1) is 18.3 Å². The molecule has 1 aliphatic rings. The van der Waals surface area contributed by atoms with E-state index >= 15 is 0 Å². The van der Waals surface area contributed by atoms with Crippen LogP contribution in [0.1, 0.15) is 47.4 Å². The fourth-order valence-electron chi connectivity index (χ4n) is 4.05. The average molecular weight is 463 g/mol. The third-order valence-electron chi connectivity index (χ3n) is 5.87. The highest BCUT2D eigenvalue weighted by molar-refractivity contribution is 5.89. The van der Waals surface area contributed by atoms with Crippen LogP contribution in [0.2, 0.25) is 0 Å². The van der Waals surface area contributed by atoms with E-state index in [2.05, 4.69) is 16.4 Å². The average Bonchev–Trinajstić information content (AvgIpc) is 2.87. The van der Waals surface area contributed by atoms with Crippen LogP contribution in [0.15, 0.2) is 60.9 Å². The fourth-order valence-corrected chi connectivity index (χ4v) is 4.05. The first kappa shape index (κ1) is 23.7. The number of ether oxygens (including phenoxy) is 2. The molecule has 3 N–H and O–H groups in total. The molecule has 1 aromatic heterocycles. The number of carboxylic acid groups (broad SMARTS) is 1. The zero-order chi connectivity index (χ0) is 23.9. The summed E-state index contributed by atoms with van der Waals surface area (Å²) in [6.45, 7) is 3.62. The van der Waals surface area contributed by atoms with Crippen LogP contribution in [0.4, 0.5) is 0 Å². The van der Waals surface area contributed by atoms with Gasteiger partial charge >= 0.3 is 5.97 Å². The molecule has 0 amide bonds. The third kappa shape index (κ3) is 5.73. The van der Waals surface area contributed by atoms with E-state index in [0.29, 0.717) is 25.4 Å². The van der Waals surface area contributed by atoms with E-state index in [1.807, 2.05) is 31.2 Å². The summed E-state index contributed by atoms with van der Waals surface area (Å²) in [6, 6.07) is 14.7. The Balaban J connectivity index is 1.41. The standard InChI is InChI=1S/C27H30N2O5/c1-2-12-33-26-14-20(27(31)32)6-9-23(26)18-7-10-25-19(13-18)5-8-22(34-25)16-29-17-24(30)21-4-3-11-28-15-21/h3-4,6-7,9-11,13-15,22,24,29-30H,2,5,8,12,16-17H2,1H3,(H,31,32)/t22-,24+/m1/s1. The minimum Gasteiger partial charge on any atom is -0.493 e. The van der Waals surface area contributed by atoms with Gasteiger partial charge in [0.1, 0.15) is 17.6 Å². The molecule has 7 nitrogen and oxygen atoms in total. The van der Waals surface area contributed by atoms with Gasteiger partial charge in [0, 0.05) is 36.6 Å². The number of aromatic nitrogens is 1. The molecule has 0 unspecified atom stereocenters. The summed E-state index contributed by atoms with van der Waals surface area (Å²) in [5.74, 6) is 0.458. The Hall–Kier alpha value is -3.42. The summed E-state index contributed by atoms with van der Waals surface area (Å²) in [6.07, 6.45) is 5.35. The summed E-state index contributed by atoms with van der Waals surface area (Å²) in [5, 5.41) is 22.9. The molecular weight excluding hydrogens is 432 g/mol. The maximum Gasteiger partial charge on any atom is 0.335 e. The van der Waals surface area contributed by atoms with Gasteiger partial charge in [0.25, 0.3) is 0 Å². The van der Waals surface area contributed by atoms with E-state index in [-0.39, 0.29) is 11.7 Å². The number of carbonyl (C=O) groups is 1. The molecule has 7 heteroatoms. The molecule has 0 saturated heterocycles. The number of carboxylic acids is 1. The predicted molar refractivity (Wildman–Crippen MR) is 129 cm³/mol. The van der Waals surface area contributed by atoms with Crippen LogP contribution < -0.4 is 14.8 Å². The Morgan fingerprint density at radius 1 is 1.26 bits per heavy atom. The van der Waals surface area contributed by atoms with Gasteiger partial charge in [-0.15, -0.1) is 0 Å². The van der Waals surface area contributed by atoms with E-state index in [1.54, 1.807) is 30.6 Å². The van der Waals surface area contributed by atoms with Gasteiger partial charge in [0.15, 0.2) is 0 Å². The van der Waals surface area contributed by atoms with Gasteiger partial charge in [0.2, 0.25) is 0 Å². The lowest BCUT2D eigenvalue weighted by Gasteiger charge is -2.27. The SMILES string of the molecule is CCCOc1cc(C(=O)O)ccc1-c1ccc2c(c1)CC[C@H](CNC[C@H](O)c1cccnc1)O2. The van der Waals surface area contributed by atoms with Crippen molar-refractivity contribution in [3.63, 3.8) is 0 Å². The number of benzene rings is 2. The smallest absolute Gasteiger partial charge is 0.335 e. The summed E-state index contributed by atoms with van der Waals surface area (Å²) in [4.78, 5) is 15.4. The molecule has 0 bridgehead atoms. The van der Waals surface area contributed by atoms with Crippen molar-refractivity contribution in [2.45, 2.75) is 38.4 Å². The van der Waals surface area contributed by atoms with E-state index in [9.17, 15) is 15.0 Å². The quantitative estimate of drug-likeness (QED) is 0.414. The number of nitrogens with one attached hydrogen (secondary N) is 1. The van der Waals surface area contributed by atoms with Gasteiger partial charge in [-0.1, -0.05) is 19.1 Å². The highest BCUT2D eigenvalue weighted by Gasteiger charge is 2.21. The molecule has 1 aliphatic heterocycles.